The molecule has 0 aliphatic rings. The van der Waals surface area contributed by atoms with Crippen LogP contribution >= 0.6 is 0 Å². The van der Waals surface area contributed by atoms with Crippen molar-refractivity contribution in [1.29, 1.82) is 0 Å². The van der Waals surface area contributed by atoms with Gasteiger partial charge in [0, 0.05) is 13.1 Å². The van der Waals surface area contributed by atoms with Crippen LogP contribution in [0, 0.1) is 5.92 Å². The van der Waals surface area contributed by atoms with Crippen LogP contribution in [0.5, 0.6) is 0 Å². The molecule has 0 aliphatic heterocycles. The number of hydrogen-bond acceptors (Lipinski definition) is 2. The molecule has 14 heavy (non-hydrogen) atoms. The van der Waals surface area contributed by atoms with Crippen LogP contribution in [0.1, 0.15) is 40.0 Å². The summed E-state index contributed by atoms with van der Waals surface area (Å²) >= 11 is 0. The first-order valence-electron chi connectivity index (χ1n) is 5.50. The van der Waals surface area contributed by atoms with Gasteiger partial charge in [-0.1, -0.05) is 26.7 Å². The fraction of sp³-hybridized carbons (Fsp3) is 0.909. The van der Waals surface area contributed by atoms with Gasteiger partial charge in [0.25, 0.3) is 0 Å². The Hall–Kier alpha value is -0.570. The van der Waals surface area contributed by atoms with E-state index < -0.39 is 0 Å². The average molecular weight is 200 g/mol. The molecule has 84 valence electrons. The summed E-state index contributed by atoms with van der Waals surface area (Å²) in [4.78, 5) is 10.9. The molecule has 0 aromatic rings. The Morgan fingerprint density at radius 2 is 1.86 bits per heavy atom. The van der Waals surface area contributed by atoms with Gasteiger partial charge in [-0.3, -0.25) is 4.79 Å². The van der Waals surface area contributed by atoms with E-state index in [1.807, 2.05) is 0 Å². The number of rotatable bonds is 7. The van der Waals surface area contributed by atoms with Crippen molar-refractivity contribution in [3.8, 4) is 0 Å². The third-order valence-electron chi connectivity index (χ3n) is 2.31. The average Bonchev–Trinajstić information content (AvgIpc) is 2.13. The largest absolute Gasteiger partial charge is 0.358 e. The molecule has 1 unspecified atom stereocenters. The minimum absolute atomic E-state index is 0.0562. The lowest BCUT2D eigenvalue weighted by Crippen LogP contribution is -2.36. The van der Waals surface area contributed by atoms with Gasteiger partial charge in [-0.2, -0.15) is 0 Å². The molecule has 0 spiro atoms. The van der Waals surface area contributed by atoms with Gasteiger partial charge in [-0.15, -0.1) is 0 Å². The number of likely N-dealkylation sites (N-methyl/N-ethyl adjacent to an activating group) is 1. The maximum atomic E-state index is 10.9. The fourth-order valence-corrected chi connectivity index (χ4v) is 1.29. The van der Waals surface area contributed by atoms with Crippen LogP contribution in [0.15, 0.2) is 0 Å². The van der Waals surface area contributed by atoms with Gasteiger partial charge in [-0.05, 0) is 19.3 Å². The number of hydrogen-bond donors (Lipinski definition) is 2. The molecule has 0 radical (unpaired) electrons. The van der Waals surface area contributed by atoms with E-state index in [0.717, 1.165) is 12.3 Å². The third-order valence-corrected chi connectivity index (χ3v) is 2.31. The van der Waals surface area contributed by atoms with E-state index in [4.69, 9.17) is 0 Å². The van der Waals surface area contributed by atoms with E-state index in [1.165, 1.54) is 12.8 Å². The van der Waals surface area contributed by atoms with E-state index in [1.54, 1.807) is 7.05 Å². The Bertz CT molecular complexity index is 157. The van der Waals surface area contributed by atoms with Gasteiger partial charge in [0.05, 0.1) is 6.54 Å². The van der Waals surface area contributed by atoms with Crippen molar-refractivity contribution in [3.05, 3.63) is 0 Å². The Morgan fingerprint density at radius 1 is 1.21 bits per heavy atom. The smallest absolute Gasteiger partial charge is 0.233 e. The van der Waals surface area contributed by atoms with Crippen LogP contribution in [0.4, 0.5) is 0 Å². The highest BCUT2D eigenvalue weighted by Gasteiger charge is 2.04. The molecule has 0 rings (SSSR count). The molecule has 0 aliphatic carbocycles. The van der Waals surface area contributed by atoms with Crippen molar-refractivity contribution in [1.82, 2.24) is 10.6 Å². The molecule has 0 aromatic heterocycles. The zero-order chi connectivity index (χ0) is 11.0. The zero-order valence-electron chi connectivity index (χ0n) is 9.89. The minimum atomic E-state index is 0.0562. The second-order valence-electron chi connectivity index (χ2n) is 4.28. The molecular weight excluding hydrogens is 176 g/mol. The summed E-state index contributed by atoms with van der Waals surface area (Å²) in [5, 5.41) is 5.79. The minimum Gasteiger partial charge on any atom is -0.358 e. The van der Waals surface area contributed by atoms with Gasteiger partial charge in [0.15, 0.2) is 0 Å². The van der Waals surface area contributed by atoms with Crippen LogP contribution in [0.25, 0.3) is 0 Å². The molecule has 0 heterocycles. The molecule has 0 aromatic carbocycles. The summed E-state index contributed by atoms with van der Waals surface area (Å²) in [5.41, 5.74) is 0. The SMILES string of the molecule is CNC(=O)CNC(C)CCCC(C)C. The Labute approximate surface area is 87.6 Å². The maximum Gasteiger partial charge on any atom is 0.233 e. The molecule has 0 saturated carbocycles. The lowest BCUT2D eigenvalue weighted by Gasteiger charge is -2.13. The third kappa shape index (κ3) is 8.05. The summed E-state index contributed by atoms with van der Waals surface area (Å²) in [6.45, 7) is 7.04. The van der Waals surface area contributed by atoms with Gasteiger partial charge < -0.3 is 10.6 Å². The van der Waals surface area contributed by atoms with Crippen molar-refractivity contribution in [2.75, 3.05) is 13.6 Å². The molecule has 3 nitrogen and oxygen atoms in total. The van der Waals surface area contributed by atoms with E-state index in [0.29, 0.717) is 12.6 Å². The van der Waals surface area contributed by atoms with Crippen LogP contribution in [-0.4, -0.2) is 25.5 Å². The van der Waals surface area contributed by atoms with E-state index in [-0.39, 0.29) is 5.91 Å². The highest BCUT2D eigenvalue weighted by atomic mass is 16.1. The lowest BCUT2D eigenvalue weighted by molar-refractivity contribution is -0.119. The van der Waals surface area contributed by atoms with Crippen molar-refractivity contribution in [2.24, 2.45) is 5.92 Å². The Morgan fingerprint density at radius 3 is 2.36 bits per heavy atom. The quantitative estimate of drug-likeness (QED) is 0.654. The van der Waals surface area contributed by atoms with Crippen molar-refractivity contribution < 1.29 is 4.79 Å². The van der Waals surface area contributed by atoms with Crippen molar-refractivity contribution in [3.63, 3.8) is 0 Å². The second kappa shape index (κ2) is 7.80. The summed E-state index contributed by atoms with van der Waals surface area (Å²) in [7, 11) is 1.66. The van der Waals surface area contributed by atoms with Crippen LogP contribution < -0.4 is 10.6 Å². The van der Waals surface area contributed by atoms with Gasteiger partial charge in [-0.25, -0.2) is 0 Å². The summed E-state index contributed by atoms with van der Waals surface area (Å²) in [6, 6.07) is 0.436. The first-order valence-corrected chi connectivity index (χ1v) is 5.50. The Kier molecular flexibility index (Phi) is 7.48. The highest BCUT2D eigenvalue weighted by Crippen LogP contribution is 2.07. The number of carbonyl (C=O) groups is 1. The van der Waals surface area contributed by atoms with Crippen LogP contribution in [0.3, 0.4) is 0 Å². The van der Waals surface area contributed by atoms with Gasteiger partial charge >= 0.3 is 0 Å². The molecule has 0 fully saturated rings. The van der Waals surface area contributed by atoms with Gasteiger partial charge in [0.1, 0.15) is 0 Å². The maximum absolute atomic E-state index is 10.9. The topological polar surface area (TPSA) is 41.1 Å². The predicted octanol–water partition coefficient (Wildman–Crippen LogP) is 1.54. The number of amides is 1. The monoisotopic (exact) mass is 200 g/mol. The predicted molar refractivity (Wildman–Crippen MR) is 60.2 cm³/mol. The van der Waals surface area contributed by atoms with Crippen LogP contribution in [0.2, 0.25) is 0 Å². The molecular formula is C11H24N2O. The second-order valence-corrected chi connectivity index (χ2v) is 4.28. The first-order chi connectivity index (χ1) is 6.56. The van der Waals surface area contributed by atoms with Crippen molar-refractivity contribution >= 4 is 5.91 Å². The summed E-state index contributed by atoms with van der Waals surface area (Å²) in [5.74, 6) is 0.835. The van der Waals surface area contributed by atoms with E-state index in [9.17, 15) is 4.79 Å². The lowest BCUT2D eigenvalue weighted by atomic mass is 10.0. The van der Waals surface area contributed by atoms with Crippen LogP contribution in [-0.2, 0) is 4.79 Å². The summed E-state index contributed by atoms with van der Waals surface area (Å²) < 4.78 is 0. The number of carbonyl (C=O) groups excluding carboxylic acids is 1. The van der Waals surface area contributed by atoms with E-state index >= 15 is 0 Å². The molecule has 2 N–H and O–H groups in total. The Balaban J connectivity index is 3.36. The highest BCUT2D eigenvalue weighted by molar-refractivity contribution is 5.77. The van der Waals surface area contributed by atoms with Gasteiger partial charge in [0.2, 0.25) is 5.91 Å². The molecule has 0 saturated heterocycles. The molecule has 1 amide bonds. The number of nitrogens with one attached hydrogen (secondary N) is 2. The zero-order valence-corrected chi connectivity index (χ0v) is 9.89. The summed E-state index contributed by atoms with van der Waals surface area (Å²) in [6.07, 6.45) is 3.65. The standard InChI is InChI=1S/C11H24N2O/c1-9(2)6-5-7-10(3)13-8-11(14)12-4/h9-10,13H,5-8H2,1-4H3,(H,12,14). The van der Waals surface area contributed by atoms with Crippen molar-refractivity contribution in [2.45, 2.75) is 46.1 Å². The first kappa shape index (κ1) is 13.4. The molecule has 1 atom stereocenters. The molecule has 0 bridgehead atoms. The normalized spacial score (nSPS) is 12.9. The fourth-order valence-electron chi connectivity index (χ4n) is 1.29. The van der Waals surface area contributed by atoms with E-state index in [2.05, 4.69) is 31.4 Å². The molecule has 3 heteroatoms.